The van der Waals surface area contributed by atoms with E-state index in [1.807, 2.05) is 60.0 Å². The molecule has 2 N–H and O–H groups in total. The lowest BCUT2D eigenvalue weighted by Gasteiger charge is -2.43. The van der Waals surface area contributed by atoms with Gasteiger partial charge >= 0.3 is 18.1 Å². The summed E-state index contributed by atoms with van der Waals surface area (Å²) in [5.74, 6) is -0.165. The molecule has 0 spiro atoms. The first-order chi connectivity index (χ1) is 25.1. The van der Waals surface area contributed by atoms with Crippen LogP contribution in [0.1, 0.15) is 61.8 Å². The number of aryl methyl sites for hydroxylation is 2. The molecule has 6 rings (SSSR count). The summed E-state index contributed by atoms with van der Waals surface area (Å²) in [7, 11) is 1.42. The summed E-state index contributed by atoms with van der Waals surface area (Å²) in [6.45, 7) is 10.3. The minimum absolute atomic E-state index is 0. The van der Waals surface area contributed by atoms with Crippen molar-refractivity contribution in [3.63, 3.8) is 0 Å². The number of piperidine rings is 2. The Morgan fingerprint density at radius 3 is 2.17 bits per heavy atom. The summed E-state index contributed by atoms with van der Waals surface area (Å²) in [4.78, 5) is 62.6. The number of urea groups is 1. The number of phenolic OH excluding ortho intramolecular Hbond substituents is 1. The molecule has 4 heterocycles. The van der Waals surface area contributed by atoms with E-state index in [-0.39, 0.29) is 43.5 Å². The van der Waals surface area contributed by atoms with Gasteiger partial charge in [0.15, 0.2) is 6.10 Å². The van der Waals surface area contributed by atoms with Crippen molar-refractivity contribution in [2.24, 2.45) is 0 Å². The van der Waals surface area contributed by atoms with Crippen LogP contribution in [0.15, 0.2) is 36.4 Å². The number of para-hydroxylation sites is 1. The maximum Gasteiger partial charge on any atom is 0.410 e. The van der Waals surface area contributed by atoms with Crippen molar-refractivity contribution < 1.29 is 33.8 Å². The van der Waals surface area contributed by atoms with Crippen molar-refractivity contribution in [3.8, 4) is 5.75 Å². The third-order valence-corrected chi connectivity index (χ3v) is 11.4. The topological polar surface area (TPSA) is 135 Å². The minimum atomic E-state index is -1.01. The van der Waals surface area contributed by atoms with E-state index in [1.54, 1.807) is 4.90 Å². The van der Waals surface area contributed by atoms with E-state index in [2.05, 4.69) is 15.1 Å². The van der Waals surface area contributed by atoms with Crippen molar-refractivity contribution in [2.75, 3.05) is 77.9 Å². The van der Waals surface area contributed by atoms with Gasteiger partial charge < -0.3 is 39.5 Å². The van der Waals surface area contributed by atoms with Crippen LogP contribution in [-0.2, 0) is 31.9 Å². The number of nitrogens with one attached hydrogen (secondary N) is 1. The van der Waals surface area contributed by atoms with Crippen molar-refractivity contribution in [3.05, 3.63) is 58.7 Å². The number of amides is 4. The number of methoxy groups -OCH3 is 1. The number of fused-ring (bicyclic) bond motifs is 1. The van der Waals surface area contributed by atoms with Gasteiger partial charge in [-0.15, -0.1) is 0 Å². The third kappa shape index (κ3) is 9.80. The molecule has 53 heavy (non-hydrogen) atoms. The molecule has 1 atom stereocenters. The van der Waals surface area contributed by atoms with E-state index in [9.17, 15) is 24.3 Å². The summed E-state index contributed by atoms with van der Waals surface area (Å²) < 4.78 is 10.9. The van der Waals surface area contributed by atoms with Crippen LogP contribution in [0.4, 0.5) is 15.3 Å². The number of aromatic hydroxyl groups is 1. The number of nitrogens with zero attached hydrogens (tertiary/aromatic N) is 5. The van der Waals surface area contributed by atoms with Crippen LogP contribution in [0.2, 0.25) is 0 Å². The highest BCUT2D eigenvalue weighted by molar-refractivity contribution is 5.91. The number of hydrogen-bond donors (Lipinski definition) is 2. The fourth-order valence-corrected chi connectivity index (χ4v) is 8.22. The maximum absolute atomic E-state index is 14.1. The van der Waals surface area contributed by atoms with E-state index >= 15 is 0 Å². The van der Waals surface area contributed by atoms with Crippen LogP contribution < -0.4 is 5.32 Å². The summed E-state index contributed by atoms with van der Waals surface area (Å²) in [5, 5.41) is 13.4. The Morgan fingerprint density at radius 2 is 1.51 bits per heavy atom. The summed E-state index contributed by atoms with van der Waals surface area (Å²) in [6, 6.07) is 11.9. The van der Waals surface area contributed by atoms with Gasteiger partial charge in [-0.3, -0.25) is 14.5 Å². The standard InChI is InChI=1S/C39H54N6O7.CH4/c1-27-24-29(25-28(2)36(27)47)26-34(37(48)43-22-20-42(21-23-43)31-9-14-41(15-10-31)16-13-35(46)51-3)52-39(50)44-17-11-32(12-18-44)45-19-8-30-6-4-5-7-33(30)40-38(45)49;/h4-7,24-25,31-32,34,47H,8-23,26H2,1-3H3,(H,40,49);1H4/t34-;/m1./s1. The lowest BCUT2D eigenvalue weighted by molar-refractivity contribution is -0.143. The fraction of sp³-hybridized carbons (Fsp3) is 0.600. The first-order valence-corrected chi connectivity index (χ1v) is 18.8. The molecule has 4 aliphatic heterocycles. The molecule has 2 aromatic carbocycles. The van der Waals surface area contributed by atoms with Gasteiger partial charge in [-0.2, -0.15) is 0 Å². The Labute approximate surface area is 314 Å². The maximum atomic E-state index is 14.1. The molecule has 2 aromatic rings. The number of anilines is 1. The van der Waals surface area contributed by atoms with Crippen LogP contribution in [0.5, 0.6) is 5.75 Å². The van der Waals surface area contributed by atoms with Gasteiger partial charge in [-0.05, 0) is 87.4 Å². The number of phenols is 1. The highest BCUT2D eigenvalue weighted by atomic mass is 16.6. The largest absolute Gasteiger partial charge is 0.507 e. The molecule has 0 unspecified atom stereocenters. The molecule has 4 amide bonds. The average molecular weight is 735 g/mol. The Bertz CT molecular complexity index is 1570. The molecule has 290 valence electrons. The normalized spacial score (nSPS) is 19.8. The zero-order valence-corrected chi connectivity index (χ0v) is 30.8. The van der Waals surface area contributed by atoms with Gasteiger partial charge in [-0.1, -0.05) is 37.8 Å². The number of esters is 1. The lowest BCUT2D eigenvalue weighted by Crippen LogP contribution is -2.56. The number of benzene rings is 2. The smallest absolute Gasteiger partial charge is 0.410 e. The van der Waals surface area contributed by atoms with Gasteiger partial charge in [0, 0.05) is 76.5 Å². The number of likely N-dealkylation sites (tertiary alicyclic amines) is 2. The number of ether oxygens (including phenoxy) is 2. The molecule has 13 nitrogen and oxygen atoms in total. The minimum Gasteiger partial charge on any atom is -0.507 e. The van der Waals surface area contributed by atoms with E-state index in [0.29, 0.717) is 75.7 Å². The van der Waals surface area contributed by atoms with Crippen molar-refractivity contribution in [2.45, 2.75) is 84.4 Å². The zero-order valence-electron chi connectivity index (χ0n) is 30.8. The van der Waals surface area contributed by atoms with Crippen LogP contribution in [-0.4, -0.2) is 144 Å². The van der Waals surface area contributed by atoms with Gasteiger partial charge in [0.2, 0.25) is 0 Å². The van der Waals surface area contributed by atoms with Crippen LogP contribution in [0, 0.1) is 13.8 Å². The zero-order chi connectivity index (χ0) is 36.8. The second-order valence-electron chi connectivity index (χ2n) is 14.7. The molecule has 0 radical (unpaired) electrons. The molecule has 13 heteroatoms. The van der Waals surface area contributed by atoms with Crippen molar-refractivity contribution >= 4 is 29.7 Å². The van der Waals surface area contributed by atoms with E-state index < -0.39 is 12.2 Å². The number of rotatable bonds is 9. The van der Waals surface area contributed by atoms with E-state index in [0.717, 1.165) is 62.3 Å². The number of piperazine rings is 1. The van der Waals surface area contributed by atoms with Gasteiger partial charge in [0.25, 0.3) is 5.91 Å². The van der Waals surface area contributed by atoms with Crippen LogP contribution in [0.25, 0.3) is 0 Å². The monoisotopic (exact) mass is 734 g/mol. The Morgan fingerprint density at radius 1 is 0.868 bits per heavy atom. The molecule has 4 aliphatic rings. The predicted molar refractivity (Wildman–Crippen MR) is 203 cm³/mol. The highest BCUT2D eigenvalue weighted by Crippen LogP contribution is 2.27. The van der Waals surface area contributed by atoms with Crippen molar-refractivity contribution in [1.29, 1.82) is 0 Å². The molecule has 0 bridgehead atoms. The van der Waals surface area contributed by atoms with Gasteiger partial charge in [0.1, 0.15) is 5.75 Å². The fourth-order valence-electron chi connectivity index (χ4n) is 8.22. The summed E-state index contributed by atoms with van der Waals surface area (Å²) >= 11 is 0. The Kier molecular flexibility index (Phi) is 13.6. The van der Waals surface area contributed by atoms with Gasteiger partial charge in [0.05, 0.1) is 13.5 Å². The van der Waals surface area contributed by atoms with Gasteiger partial charge in [-0.25, -0.2) is 9.59 Å². The van der Waals surface area contributed by atoms with Crippen LogP contribution >= 0.6 is 0 Å². The Hall–Kier alpha value is -4.36. The molecule has 3 saturated heterocycles. The average Bonchev–Trinajstić information content (AvgIpc) is 3.33. The molecular weight excluding hydrogens is 676 g/mol. The molecule has 0 aromatic heterocycles. The second-order valence-corrected chi connectivity index (χ2v) is 14.7. The SMILES string of the molecule is C.COC(=O)CCN1CCC(N2CCN(C(=O)[C@@H](Cc3cc(C)c(O)c(C)c3)OC(=O)N3CCC(N4CCc5ccccc5NC4=O)CC3)CC2)CC1. The predicted octanol–water partition coefficient (Wildman–Crippen LogP) is 4.42. The highest BCUT2D eigenvalue weighted by Gasteiger charge is 2.36. The summed E-state index contributed by atoms with van der Waals surface area (Å²) in [6.07, 6.45) is 3.14. The number of carbonyl (C=O) groups is 4. The van der Waals surface area contributed by atoms with E-state index in [4.69, 9.17) is 9.47 Å². The molecular formula is C40H58N6O7. The van der Waals surface area contributed by atoms with Crippen LogP contribution in [0.3, 0.4) is 0 Å². The Balaban J connectivity index is 0.00000541. The molecule has 0 saturated carbocycles. The third-order valence-electron chi connectivity index (χ3n) is 11.4. The lowest BCUT2D eigenvalue weighted by atomic mass is 10.00. The number of hydrogen-bond acceptors (Lipinski definition) is 9. The van der Waals surface area contributed by atoms with E-state index in [1.165, 1.54) is 7.11 Å². The first kappa shape index (κ1) is 39.8. The molecule has 0 aliphatic carbocycles. The number of carbonyl (C=O) groups excluding carboxylic acids is 4. The summed E-state index contributed by atoms with van der Waals surface area (Å²) in [5.41, 5.74) is 4.20. The second kappa shape index (κ2) is 18.1. The first-order valence-electron chi connectivity index (χ1n) is 18.8. The van der Waals surface area contributed by atoms with Crippen molar-refractivity contribution in [1.82, 2.24) is 24.5 Å². The quantitative estimate of drug-likeness (QED) is 0.359. The molecule has 3 fully saturated rings.